The Balaban J connectivity index is 1.69. The van der Waals surface area contributed by atoms with Crippen LogP contribution in [0.2, 0.25) is 0 Å². The lowest BCUT2D eigenvalue weighted by molar-refractivity contribution is 0.0600. The maximum Gasteiger partial charge on any atom is 0.337 e. The van der Waals surface area contributed by atoms with Gasteiger partial charge >= 0.3 is 12.0 Å². The van der Waals surface area contributed by atoms with Crippen LogP contribution >= 0.6 is 11.8 Å². The van der Waals surface area contributed by atoms with Crippen molar-refractivity contribution < 1.29 is 14.3 Å². The van der Waals surface area contributed by atoms with Crippen LogP contribution in [0.1, 0.15) is 28.6 Å². The maximum atomic E-state index is 12.5. The van der Waals surface area contributed by atoms with E-state index in [0.29, 0.717) is 11.3 Å². The number of ether oxygens (including phenoxy) is 1. The lowest BCUT2D eigenvalue weighted by atomic mass is 10.2. The SMILES string of the molecule is COC(=O)c1ccc(NC(=O)NC(CCSC)c2nc3ccccc3[nH]2)cc1. The zero-order valence-electron chi connectivity index (χ0n) is 15.7. The van der Waals surface area contributed by atoms with Crippen LogP contribution in [0.15, 0.2) is 48.5 Å². The summed E-state index contributed by atoms with van der Waals surface area (Å²) in [5.74, 6) is 1.19. The van der Waals surface area contributed by atoms with E-state index in [1.54, 1.807) is 36.0 Å². The number of esters is 1. The molecular formula is C20H22N4O3S. The van der Waals surface area contributed by atoms with Crippen molar-refractivity contribution in [3.8, 4) is 0 Å². The Bertz CT molecular complexity index is 922. The van der Waals surface area contributed by atoms with E-state index in [9.17, 15) is 9.59 Å². The molecule has 8 heteroatoms. The normalized spacial score (nSPS) is 11.8. The molecule has 3 aromatic rings. The van der Waals surface area contributed by atoms with Gasteiger partial charge in [-0.3, -0.25) is 0 Å². The fourth-order valence-corrected chi connectivity index (χ4v) is 3.25. The van der Waals surface area contributed by atoms with Gasteiger partial charge in [-0.1, -0.05) is 12.1 Å². The first-order valence-corrected chi connectivity index (χ1v) is 10.2. The molecule has 0 radical (unpaired) electrons. The quantitative estimate of drug-likeness (QED) is 0.524. The Hall–Kier alpha value is -3.00. The number of H-pyrrole nitrogens is 1. The number of amides is 2. The highest BCUT2D eigenvalue weighted by atomic mass is 32.2. The van der Waals surface area contributed by atoms with Gasteiger partial charge in [0.1, 0.15) is 5.82 Å². The lowest BCUT2D eigenvalue weighted by Gasteiger charge is -2.17. The second-order valence-corrected chi connectivity index (χ2v) is 7.13. The third-order valence-corrected chi connectivity index (χ3v) is 4.86. The molecule has 7 nitrogen and oxygen atoms in total. The first kappa shape index (κ1) is 19.8. The van der Waals surface area contributed by atoms with Gasteiger partial charge in [0, 0.05) is 5.69 Å². The number of aromatic amines is 1. The number of hydrogen-bond acceptors (Lipinski definition) is 5. The molecule has 2 amide bonds. The Labute approximate surface area is 167 Å². The van der Waals surface area contributed by atoms with Gasteiger partial charge in [0.2, 0.25) is 0 Å². The number of imidazole rings is 1. The van der Waals surface area contributed by atoms with E-state index in [0.717, 1.165) is 29.0 Å². The van der Waals surface area contributed by atoms with Gasteiger partial charge in [-0.25, -0.2) is 14.6 Å². The van der Waals surface area contributed by atoms with Crippen LogP contribution in [-0.4, -0.2) is 41.1 Å². The topological polar surface area (TPSA) is 96.1 Å². The number of methoxy groups -OCH3 is 1. The molecule has 0 aliphatic rings. The first-order valence-electron chi connectivity index (χ1n) is 8.80. The van der Waals surface area contributed by atoms with Crippen LogP contribution in [0.3, 0.4) is 0 Å². The summed E-state index contributed by atoms with van der Waals surface area (Å²) in [6.45, 7) is 0. The van der Waals surface area contributed by atoms with Crippen LogP contribution in [0.25, 0.3) is 11.0 Å². The predicted octanol–water partition coefficient (Wildman–Crippen LogP) is 3.97. The summed E-state index contributed by atoms with van der Waals surface area (Å²) in [5, 5.41) is 5.76. The zero-order valence-corrected chi connectivity index (χ0v) is 16.5. The van der Waals surface area contributed by atoms with Crippen LogP contribution in [-0.2, 0) is 4.74 Å². The van der Waals surface area contributed by atoms with Crippen molar-refractivity contribution in [3.63, 3.8) is 0 Å². The Morgan fingerprint density at radius 3 is 2.61 bits per heavy atom. The molecule has 1 atom stereocenters. The highest BCUT2D eigenvalue weighted by molar-refractivity contribution is 7.98. The van der Waals surface area contributed by atoms with Gasteiger partial charge in [-0.2, -0.15) is 11.8 Å². The summed E-state index contributed by atoms with van der Waals surface area (Å²) < 4.78 is 4.67. The van der Waals surface area contributed by atoms with Gasteiger partial charge in [0.05, 0.1) is 29.7 Å². The molecule has 2 aromatic carbocycles. The summed E-state index contributed by atoms with van der Waals surface area (Å²) in [7, 11) is 1.33. The van der Waals surface area contributed by atoms with Crippen molar-refractivity contribution in [1.82, 2.24) is 15.3 Å². The first-order chi connectivity index (χ1) is 13.6. The van der Waals surface area contributed by atoms with Crippen molar-refractivity contribution in [2.75, 3.05) is 24.4 Å². The van der Waals surface area contributed by atoms with Gasteiger partial charge in [0.25, 0.3) is 0 Å². The molecule has 28 heavy (non-hydrogen) atoms. The van der Waals surface area contributed by atoms with E-state index < -0.39 is 5.97 Å². The van der Waals surface area contributed by atoms with Crippen LogP contribution in [0, 0.1) is 0 Å². The van der Waals surface area contributed by atoms with E-state index in [4.69, 9.17) is 0 Å². The number of hydrogen-bond donors (Lipinski definition) is 3. The minimum absolute atomic E-state index is 0.241. The summed E-state index contributed by atoms with van der Waals surface area (Å²) in [6, 6.07) is 13.7. The largest absolute Gasteiger partial charge is 0.465 e. The number of rotatable bonds is 7. The zero-order chi connectivity index (χ0) is 19.9. The summed E-state index contributed by atoms with van der Waals surface area (Å²) in [6.07, 6.45) is 2.77. The molecule has 1 aromatic heterocycles. The second kappa shape index (κ2) is 9.27. The van der Waals surface area contributed by atoms with E-state index in [1.165, 1.54) is 7.11 Å². The lowest BCUT2D eigenvalue weighted by Crippen LogP contribution is -2.33. The molecule has 0 bridgehead atoms. The third kappa shape index (κ3) is 4.83. The second-order valence-electron chi connectivity index (χ2n) is 6.14. The monoisotopic (exact) mass is 398 g/mol. The molecule has 0 aliphatic carbocycles. The predicted molar refractivity (Wildman–Crippen MR) is 112 cm³/mol. The smallest absolute Gasteiger partial charge is 0.337 e. The molecule has 0 fully saturated rings. The van der Waals surface area contributed by atoms with Gasteiger partial charge in [-0.05, 0) is 54.8 Å². The summed E-state index contributed by atoms with van der Waals surface area (Å²) in [4.78, 5) is 31.9. The summed E-state index contributed by atoms with van der Waals surface area (Å²) in [5.41, 5.74) is 2.81. The summed E-state index contributed by atoms with van der Waals surface area (Å²) >= 11 is 1.71. The molecule has 1 unspecified atom stereocenters. The Kier molecular flexibility index (Phi) is 6.54. The van der Waals surface area contributed by atoms with Crippen molar-refractivity contribution in [2.45, 2.75) is 12.5 Å². The number of benzene rings is 2. The van der Waals surface area contributed by atoms with Crippen molar-refractivity contribution in [2.24, 2.45) is 0 Å². The molecule has 0 spiro atoms. The molecule has 0 saturated heterocycles. The molecule has 0 aliphatic heterocycles. The maximum absolute atomic E-state index is 12.5. The van der Waals surface area contributed by atoms with E-state index in [2.05, 4.69) is 25.3 Å². The van der Waals surface area contributed by atoms with Crippen LogP contribution in [0.5, 0.6) is 0 Å². The van der Waals surface area contributed by atoms with Crippen molar-refractivity contribution in [3.05, 3.63) is 59.9 Å². The van der Waals surface area contributed by atoms with Gasteiger partial charge < -0.3 is 20.4 Å². The Morgan fingerprint density at radius 2 is 1.93 bits per heavy atom. The number of thioether (sulfide) groups is 1. The average Bonchev–Trinajstić information content (AvgIpc) is 3.15. The Morgan fingerprint density at radius 1 is 1.18 bits per heavy atom. The van der Waals surface area contributed by atoms with Crippen LogP contribution < -0.4 is 10.6 Å². The van der Waals surface area contributed by atoms with Crippen molar-refractivity contribution >= 4 is 40.5 Å². The van der Waals surface area contributed by atoms with Gasteiger partial charge in [-0.15, -0.1) is 0 Å². The molecule has 3 N–H and O–H groups in total. The molecule has 0 saturated carbocycles. The number of para-hydroxylation sites is 2. The van der Waals surface area contributed by atoms with E-state index >= 15 is 0 Å². The highest BCUT2D eigenvalue weighted by Gasteiger charge is 2.18. The number of nitrogens with zero attached hydrogens (tertiary/aromatic N) is 1. The molecular weight excluding hydrogens is 376 g/mol. The van der Waals surface area contributed by atoms with E-state index in [1.807, 2.05) is 30.5 Å². The number of aromatic nitrogens is 2. The van der Waals surface area contributed by atoms with Gasteiger partial charge in [0.15, 0.2) is 0 Å². The highest BCUT2D eigenvalue weighted by Crippen LogP contribution is 2.20. The minimum Gasteiger partial charge on any atom is -0.465 e. The van der Waals surface area contributed by atoms with Crippen molar-refractivity contribution in [1.29, 1.82) is 0 Å². The number of urea groups is 1. The fraction of sp³-hybridized carbons (Fsp3) is 0.250. The molecule has 1 heterocycles. The average molecular weight is 398 g/mol. The number of carbonyl (C=O) groups excluding carboxylic acids is 2. The molecule has 3 rings (SSSR count). The standard InChI is InChI=1S/C20H22N4O3S/c1-27-19(25)13-7-9-14(10-8-13)21-20(26)24-17(11-12-28-2)18-22-15-5-3-4-6-16(15)23-18/h3-10,17H,11-12H2,1-2H3,(H,22,23)(H2,21,24,26). The van der Waals surface area contributed by atoms with E-state index in [-0.39, 0.29) is 12.1 Å². The fourth-order valence-electron chi connectivity index (χ4n) is 2.78. The third-order valence-electron chi connectivity index (χ3n) is 4.22. The molecule has 146 valence electrons. The number of anilines is 1. The minimum atomic E-state index is -0.419. The number of nitrogens with one attached hydrogen (secondary N) is 3. The number of carbonyl (C=O) groups is 2. The number of fused-ring (bicyclic) bond motifs is 1. The van der Waals surface area contributed by atoms with Crippen LogP contribution in [0.4, 0.5) is 10.5 Å².